The fourth-order valence-corrected chi connectivity index (χ4v) is 5.40. The van der Waals surface area contributed by atoms with Crippen molar-refractivity contribution in [2.45, 2.75) is 39.1 Å². The Bertz CT molecular complexity index is 1320. The van der Waals surface area contributed by atoms with Crippen molar-refractivity contribution in [3.05, 3.63) is 67.5 Å². The third-order valence-electron chi connectivity index (χ3n) is 5.58. The number of carbonyl (C=O) groups excluding carboxylic acids is 1. The Hall–Kier alpha value is -3.00. The standard InChI is InChI=1S/C21H20N4O3S/c1-4-24-10-9-13(23-24)11-16-19(27)25-18-14-7-5-6-8-15(14)28-21(3,17(18)12(2)26)22-20(25)29-16/h5-11,17-18H,4H2,1-3H3/b16-11+/t17-,18-,21+/m0/s1. The number of aromatic nitrogens is 3. The molecular formula is C21H20N4O3S. The van der Waals surface area contributed by atoms with Gasteiger partial charge in [0.25, 0.3) is 5.56 Å². The molecule has 2 aliphatic heterocycles. The average Bonchev–Trinajstić information content (AvgIpc) is 3.25. The summed E-state index contributed by atoms with van der Waals surface area (Å²) in [6.45, 7) is 6.13. The highest BCUT2D eigenvalue weighted by atomic mass is 32.1. The number of hydrogen-bond acceptors (Lipinski definition) is 6. The second kappa shape index (κ2) is 6.25. The van der Waals surface area contributed by atoms with E-state index in [4.69, 9.17) is 9.73 Å². The number of ether oxygens (including phenoxy) is 1. The van der Waals surface area contributed by atoms with E-state index in [0.29, 0.717) is 15.1 Å². The molecule has 2 aliphatic rings. The fourth-order valence-electron chi connectivity index (χ4n) is 4.32. The minimum absolute atomic E-state index is 0.0493. The Morgan fingerprint density at radius 3 is 2.86 bits per heavy atom. The molecule has 2 bridgehead atoms. The number of rotatable bonds is 3. The van der Waals surface area contributed by atoms with E-state index in [9.17, 15) is 9.59 Å². The average molecular weight is 408 g/mol. The molecule has 0 spiro atoms. The van der Waals surface area contributed by atoms with Crippen LogP contribution in [0.3, 0.4) is 0 Å². The lowest BCUT2D eigenvalue weighted by molar-refractivity contribution is -0.132. The van der Waals surface area contributed by atoms with E-state index in [1.54, 1.807) is 10.6 Å². The maximum Gasteiger partial charge on any atom is 0.270 e. The van der Waals surface area contributed by atoms with Crippen LogP contribution in [0, 0.1) is 5.92 Å². The number of hydrogen-bond donors (Lipinski definition) is 0. The van der Waals surface area contributed by atoms with Crippen LogP contribution in [0.15, 0.2) is 46.3 Å². The molecule has 0 unspecified atom stereocenters. The minimum atomic E-state index is -1.04. The zero-order chi connectivity index (χ0) is 20.3. The molecule has 0 fully saturated rings. The molecule has 0 amide bonds. The molecular weight excluding hydrogens is 388 g/mol. The third kappa shape index (κ3) is 2.62. The summed E-state index contributed by atoms with van der Waals surface area (Å²) >= 11 is 1.31. The van der Waals surface area contributed by atoms with Gasteiger partial charge in [-0.25, -0.2) is 4.99 Å². The molecule has 5 rings (SSSR count). The number of thiazole rings is 1. The van der Waals surface area contributed by atoms with Crippen LogP contribution in [0.1, 0.15) is 38.1 Å². The monoisotopic (exact) mass is 408 g/mol. The number of ketones is 1. The quantitative estimate of drug-likeness (QED) is 0.658. The van der Waals surface area contributed by atoms with Gasteiger partial charge in [0.1, 0.15) is 17.5 Å². The van der Waals surface area contributed by atoms with E-state index < -0.39 is 17.7 Å². The van der Waals surface area contributed by atoms with Crippen LogP contribution in [-0.4, -0.2) is 25.9 Å². The van der Waals surface area contributed by atoms with E-state index >= 15 is 0 Å². The number of benzene rings is 1. The fraction of sp³-hybridized carbons (Fsp3) is 0.333. The molecule has 0 saturated heterocycles. The number of fused-ring (bicyclic) bond motifs is 6. The summed E-state index contributed by atoms with van der Waals surface area (Å²) in [6, 6.07) is 9.00. The first-order valence-corrected chi connectivity index (χ1v) is 10.4. The largest absolute Gasteiger partial charge is 0.465 e. The van der Waals surface area contributed by atoms with Gasteiger partial charge < -0.3 is 4.74 Å². The maximum absolute atomic E-state index is 13.4. The lowest BCUT2D eigenvalue weighted by atomic mass is 9.79. The summed E-state index contributed by atoms with van der Waals surface area (Å²) in [5.41, 5.74) is 0.360. The van der Waals surface area contributed by atoms with Gasteiger partial charge in [-0.2, -0.15) is 5.10 Å². The first-order chi connectivity index (χ1) is 13.9. The van der Waals surface area contributed by atoms with E-state index in [-0.39, 0.29) is 11.3 Å². The van der Waals surface area contributed by atoms with Crippen LogP contribution in [0.25, 0.3) is 6.08 Å². The number of carbonyl (C=O) groups is 1. The van der Waals surface area contributed by atoms with E-state index in [0.717, 1.165) is 17.8 Å². The third-order valence-corrected chi connectivity index (χ3v) is 6.56. The van der Waals surface area contributed by atoms with E-state index in [2.05, 4.69) is 5.10 Å². The summed E-state index contributed by atoms with van der Waals surface area (Å²) in [5, 5.41) is 4.44. The summed E-state index contributed by atoms with van der Waals surface area (Å²) in [7, 11) is 0. The van der Waals surface area contributed by atoms with Crippen LogP contribution in [0.4, 0.5) is 0 Å². The Morgan fingerprint density at radius 2 is 2.14 bits per heavy atom. The Labute approximate surface area is 170 Å². The van der Waals surface area contributed by atoms with Crippen molar-refractivity contribution in [3.63, 3.8) is 0 Å². The van der Waals surface area contributed by atoms with E-state index in [1.165, 1.54) is 18.3 Å². The smallest absolute Gasteiger partial charge is 0.270 e. The van der Waals surface area contributed by atoms with Crippen molar-refractivity contribution in [1.29, 1.82) is 0 Å². The predicted molar refractivity (Wildman–Crippen MR) is 109 cm³/mol. The predicted octanol–water partition coefficient (Wildman–Crippen LogP) is 1.49. The van der Waals surface area contributed by atoms with Crippen molar-refractivity contribution in [3.8, 4) is 5.75 Å². The molecule has 29 heavy (non-hydrogen) atoms. The number of para-hydroxylation sites is 1. The van der Waals surface area contributed by atoms with Gasteiger partial charge in [0.05, 0.1) is 16.3 Å². The van der Waals surface area contributed by atoms with Crippen molar-refractivity contribution in [2.24, 2.45) is 10.9 Å². The van der Waals surface area contributed by atoms with Gasteiger partial charge >= 0.3 is 0 Å². The Kier molecular flexibility index (Phi) is 3.89. The SMILES string of the molecule is CCn1ccc(/C=c2/sc3n(c2=O)[C@H]2c4ccccc4O[C@@](C)(N=3)[C@H]2C(C)=O)n1. The molecule has 0 radical (unpaired) electrons. The van der Waals surface area contributed by atoms with Gasteiger partial charge in [-0.05, 0) is 39.0 Å². The highest BCUT2D eigenvalue weighted by Gasteiger charge is 2.53. The van der Waals surface area contributed by atoms with Gasteiger partial charge in [0.15, 0.2) is 4.80 Å². The topological polar surface area (TPSA) is 78.5 Å². The first-order valence-electron chi connectivity index (χ1n) is 9.56. The van der Waals surface area contributed by atoms with Crippen LogP contribution in [-0.2, 0) is 11.3 Å². The lowest BCUT2D eigenvalue weighted by Gasteiger charge is -2.45. The molecule has 1 aromatic carbocycles. The summed E-state index contributed by atoms with van der Waals surface area (Å²) in [5.74, 6) is 0.0493. The lowest BCUT2D eigenvalue weighted by Crippen LogP contribution is -2.58. The highest BCUT2D eigenvalue weighted by Crippen LogP contribution is 2.47. The van der Waals surface area contributed by atoms with Crippen molar-refractivity contribution < 1.29 is 9.53 Å². The van der Waals surface area contributed by atoms with Crippen molar-refractivity contribution >= 4 is 23.2 Å². The van der Waals surface area contributed by atoms with Gasteiger partial charge in [-0.1, -0.05) is 29.5 Å². The first kappa shape index (κ1) is 18.1. The number of aryl methyl sites for hydroxylation is 1. The Morgan fingerprint density at radius 1 is 1.34 bits per heavy atom. The van der Waals surface area contributed by atoms with Crippen molar-refractivity contribution in [2.75, 3.05) is 0 Å². The summed E-state index contributed by atoms with van der Waals surface area (Å²) < 4.78 is 10.2. The minimum Gasteiger partial charge on any atom is -0.465 e. The Balaban J connectivity index is 1.78. The summed E-state index contributed by atoms with van der Waals surface area (Å²) in [4.78, 5) is 31.3. The van der Waals surface area contributed by atoms with Crippen LogP contribution < -0.4 is 19.6 Å². The highest BCUT2D eigenvalue weighted by molar-refractivity contribution is 7.07. The molecule has 3 atom stereocenters. The van der Waals surface area contributed by atoms with Crippen LogP contribution >= 0.6 is 11.3 Å². The molecule has 0 saturated carbocycles. The molecule has 0 N–H and O–H groups in total. The molecule has 148 valence electrons. The molecule has 3 aromatic rings. The van der Waals surface area contributed by atoms with Crippen molar-refractivity contribution in [1.82, 2.24) is 14.3 Å². The zero-order valence-corrected chi connectivity index (χ0v) is 17.1. The van der Waals surface area contributed by atoms with Crippen LogP contribution in [0.2, 0.25) is 0 Å². The van der Waals surface area contributed by atoms with Gasteiger partial charge in [0.2, 0.25) is 5.72 Å². The normalized spacial score (nSPS) is 25.0. The van der Waals surface area contributed by atoms with E-state index in [1.807, 2.05) is 55.1 Å². The van der Waals surface area contributed by atoms with Gasteiger partial charge in [0, 0.05) is 18.3 Å². The number of Topliss-reactive ketones (excluding diaryl/α,β-unsaturated/α-hetero) is 1. The summed E-state index contributed by atoms with van der Waals surface area (Å²) in [6.07, 6.45) is 3.66. The molecule has 7 nitrogen and oxygen atoms in total. The maximum atomic E-state index is 13.4. The second-order valence-corrected chi connectivity index (χ2v) is 8.51. The molecule has 8 heteroatoms. The molecule has 0 aliphatic carbocycles. The van der Waals surface area contributed by atoms with Crippen LogP contribution in [0.5, 0.6) is 5.75 Å². The molecule has 2 aromatic heterocycles. The zero-order valence-electron chi connectivity index (χ0n) is 16.3. The molecule has 4 heterocycles. The second-order valence-electron chi connectivity index (χ2n) is 7.50. The number of nitrogens with zero attached hydrogens (tertiary/aromatic N) is 4. The van der Waals surface area contributed by atoms with Gasteiger partial charge in [-0.3, -0.25) is 18.8 Å². The van der Waals surface area contributed by atoms with Gasteiger partial charge in [-0.15, -0.1) is 0 Å².